The maximum absolute atomic E-state index is 5.32. The molecular weight excluding hydrogens is 254 g/mol. The highest BCUT2D eigenvalue weighted by Gasteiger charge is 2.32. The van der Waals surface area contributed by atoms with E-state index in [-0.39, 0.29) is 12.0 Å². The highest BCUT2D eigenvalue weighted by molar-refractivity contribution is 5.35. The Balaban J connectivity index is 1.88. The second kappa shape index (κ2) is 5.19. The molecule has 0 radical (unpaired) electrons. The van der Waals surface area contributed by atoms with Crippen LogP contribution in [0.1, 0.15) is 56.1 Å². The van der Waals surface area contributed by atoms with Gasteiger partial charge in [0.1, 0.15) is 0 Å². The Bertz CT molecular complexity index is 595. The van der Waals surface area contributed by atoms with E-state index in [0.29, 0.717) is 5.89 Å². The second-order valence-corrected chi connectivity index (χ2v) is 5.49. The number of aromatic nitrogens is 4. The number of aryl methyl sites for hydroxylation is 1. The second-order valence-electron chi connectivity index (χ2n) is 5.49. The molecule has 1 saturated heterocycles. The number of anilines is 1. The van der Waals surface area contributed by atoms with Crippen LogP contribution in [0.3, 0.4) is 0 Å². The summed E-state index contributed by atoms with van der Waals surface area (Å²) in [6, 6.07) is 2.02. The van der Waals surface area contributed by atoms with Crippen molar-refractivity contribution in [2.75, 3.05) is 11.4 Å². The zero-order valence-electron chi connectivity index (χ0n) is 12.1. The molecule has 1 atom stereocenters. The third-order valence-corrected chi connectivity index (χ3v) is 3.54. The average Bonchev–Trinajstić information content (AvgIpc) is 3.07. The van der Waals surface area contributed by atoms with E-state index < -0.39 is 0 Å². The van der Waals surface area contributed by atoms with Crippen molar-refractivity contribution in [3.05, 3.63) is 29.7 Å². The Morgan fingerprint density at radius 2 is 2.20 bits per heavy atom. The molecule has 6 heteroatoms. The van der Waals surface area contributed by atoms with Gasteiger partial charge in [-0.2, -0.15) is 4.98 Å². The van der Waals surface area contributed by atoms with Gasteiger partial charge in [0.2, 0.25) is 11.8 Å². The largest absolute Gasteiger partial charge is 0.339 e. The van der Waals surface area contributed by atoms with Crippen LogP contribution < -0.4 is 4.90 Å². The Kier molecular flexibility index (Phi) is 3.38. The fourth-order valence-corrected chi connectivity index (χ4v) is 2.47. The van der Waals surface area contributed by atoms with Crippen LogP contribution in [-0.4, -0.2) is 26.7 Å². The van der Waals surface area contributed by atoms with E-state index in [2.05, 4.69) is 25.0 Å². The molecule has 0 aromatic carbocycles. The van der Waals surface area contributed by atoms with Crippen molar-refractivity contribution >= 4 is 5.95 Å². The summed E-state index contributed by atoms with van der Waals surface area (Å²) in [6.45, 7) is 7.00. The zero-order valence-corrected chi connectivity index (χ0v) is 12.1. The molecule has 1 aliphatic heterocycles. The van der Waals surface area contributed by atoms with Crippen molar-refractivity contribution < 1.29 is 4.52 Å². The van der Waals surface area contributed by atoms with Gasteiger partial charge in [-0.25, -0.2) is 9.97 Å². The van der Waals surface area contributed by atoms with Gasteiger partial charge in [0.15, 0.2) is 5.82 Å². The van der Waals surface area contributed by atoms with Gasteiger partial charge in [0.25, 0.3) is 0 Å². The average molecular weight is 273 g/mol. The van der Waals surface area contributed by atoms with Crippen LogP contribution >= 0.6 is 0 Å². The molecule has 106 valence electrons. The van der Waals surface area contributed by atoms with Crippen LogP contribution in [0.4, 0.5) is 5.95 Å². The predicted molar refractivity (Wildman–Crippen MR) is 74.5 cm³/mol. The van der Waals surface area contributed by atoms with Crippen LogP contribution in [0, 0.1) is 6.92 Å². The molecule has 2 aromatic rings. The molecule has 1 fully saturated rings. The van der Waals surface area contributed by atoms with E-state index >= 15 is 0 Å². The van der Waals surface area contributed by atoms with Gasteiger partial charge in [-0.05, 0) is 25.8 Å². The first-order valence-corrected chi connectivity index (χ1v) is 7.05. The van der Waals surface area contributed by atoms with Crippen molar-refractivity contribution in [1.82, 2.24) is 20.1 Å². The lowest BCUT2D eigenvalue weighted by atomic mass is 10.2. The summed E-state index contributed by atoms with van der Waals surface area (Å²) in [5.41, 5.74) is 0.969. The van der Waals surface area contributed by atoms with Crippen molar-refractivity contribution in [2.45, 2.75) is 45.6 Å². The van der Waals surface area contributed by atoms with Gasteiger partial charge in [-0.1, -0.05) is 19.0 Å². The van der Waals surface area contributed by atoms with Crippen molar-refractivity contribution in [2.24, 2.45) is 0 Å². The predicted octanol–water partition coefficient (Wildman–Crippen LogP) is 2.63. The summed E-state index contributed by atoms with van der Waals surface area (Å²) >= 11 is 0. The first-order valence-electron chi connectivity index (χ1n) is 7.05. The summed E-state index contributed by atoms with van der Waals surface area (Å²) in [7, 11) is 0. The Hall–Kier alpha value is -1.98. The Labute approximate surface area is 118 Å². The quantitative estimate of drug-likeness (QED) is 0.856. The SMILES string of the molecule is Cc1ccnc(N2CCCC2c2noc(C(C)C)n2)n1. The molecule has 0 saturated carbocycles. The van der Waals surface area contributed by atoms with E-state index in [1.807, 2.05) is 26.8 Å². The summed E-state index contributed by atoms with van der Waals surface area (Å²) in [5, 5.41) is 4.13. The molecule has 3 rings (SSSR count). The van der Waals surface area contributed by atoms with E-state index in [4.69, 9.17) is 4.52 Å². The van der Waals surface area contributed by atoms with Crippen molar-refractivity contribution in [1.29, 1.82) is 0 Å². The lowest BCUT2D eigenvalue weighted by Gasteiger charge is -2.22. The minimum atomic E-state index is 0.119. The Morgan fingerprint density at radius 3 is 2.90 bits per heavy atom. The molecule has 6 nitrogen and oxygen atoms in total. The number of nitrogens with zero attached hydrogens (tertiary/aromatic N) is 5. The fraction of sp³-hybridized carbons (Fsp3) is 0.571. The van der Waals surface area contributed by atoms with Crippen molar-refractivity contribution in [3.63, 3.8) is 0 Å². The van der Waals surface area contributed by atoms with Gasteiger partial charge in [-0.3, -0.25) is 0 Å². The topological polar surface area (TPSA) is 67.9 Å². The van der Waals surface area contributed by atoms with Crippen LogP contribution in [0.5, 0.6) is 0 Å². The van der Waals surface area contributed by atoms with Crippen LogP contribution in [0.15, 0.2) is 16.8 Å². The molecular formula is C14H19N5O. The number of hydrogen-bond donors (Lipinski definition) is 0. The van der Waals surface area contributed by atoms with Gasteiger partial charge in [-0.15, -0.1) is 0 Å². The smallest absolute Gasteiger partial charge is 0.229 e. The summed E-state index contributed by atoms with van der Waals surface area (Å²) in [6.07, 6.45) is 3.89. The molecule has 0 N–H and O–H groups in total. The molecule has 0 bridgehead atoms. The molecule has 3 heterocycles. The highest BCUT2D eigenvalue weighted by Crippen LogP contribution is 2.33. The molecule has 0 aliphatic carbocycles. The van der Waals surface area contributed by atoms with E-state index in [0.717, 1.165) is 36.9 Å². The lowest BCUT2D eigenvalue weighted by Crippen LogP contribution is -2.25. The minimum Gasteiger partial charge on any atom is -0.339 e. The summed E-state index contributed by atoms with van der Waals surface area (Å²) in [5.74, 6) is 2.44. The van der Waals surface area contributed by atoms with E-state index in [1.165, 1.54) is 0 Å². The fourth-order valence-electron chi connectivity index (χ4n) is 2.47. The normalized spacial score (nSPS) is 19.0. The molecule has 0 spiro atoms. The van der Waals surface area contributed by atoms with E-state index in [9.17, 15) is 0 Å². The lowest BCUT2D eigenvalue weighted by molar-refractivity contribution is 0.358. The van der Waals surface area contributed by atoms with E-state index in [1.54, 1.807) is 6.20 Å². The van der Waals surface area contributed by atoms with Crippen LogP contribution in [0.25, 0.3) is 0 Å². The highest BCUT2D eigenvalue weighted by atomic mass is 16.5. The number of hydrogen-bond acceptors (Lipinski definition) is 6. The standard InChI is InChI=1S/C14H19N5O/c1-9(2)13-17-12(18-20-13)11-5-4-8-19(11)14-15-7-6-10(3)16-14/h6-7,9,11H,4-5,8H2,1-3H3. The molecule has 20 heavy (non-hydrogen) atoms. The van der Waals surface area contributed by atoms with Crippen LogP contribution in [0.2, 0.25) is 0 Å². The maximum Gasteiger partial charge on any atom is 0.229 e. The third kappa shape index (κ3) is 2.37. The Morgan fingerprint density at radius 1 is 1.35 bits per heavy atom. The molecule has 2 aromatic heterocycles. The molecule has 1 aliphatic rings. The minimum absolute atomic E-state index is 0.119. The number of rotatable bonds is 3. The van der Waals surface area contributed by atoms with Gasteiger partial charge in [0.05, 0.1) is 6.04 Å². The first kappa shape index (κ1) is 13.0. The van der Waals surface area contributed by atoms with Gasteiger partial charge >= 0.3 is 0 Å². The molecule has 1 unspecified atom stereocenters. The maximum atomic E-state index is 5.32. The monoisotopic (exact) mass is 273 g/mol. The van der Waals surface area contributed by atoms with Gasteiger partial charge < -0.3 is 9.42 Å². The van der Waals surface area contributed by atoms with Gasteiger partial charge in [0, 0.05) is 24.4 Å². The summed E-state index contributed by atoms with van der Waals surface area (Å²) in [4.78, 5) is 15.6. The molecule has 0 amide bonds. The van der Waals surface area contributed by atoms with Crippen LogP contribution in [-0.2, 0) is 0 Å². The summed E-state index contributed by atoms with van der Waals surface area (Å²) < 4.78 is 5.32. The third-order valence-electron chi connectivity index (χ3n) is 3.54. The zero-order chi connectivity index (χ0) is 14.1. The van der Waals surface area contributed by atoms with Crippen molar-refractivity contribution in [3.8, 4) is 0 Å². The first-order chi connectivity index (χ1) is 9.65.